The highest BCUT2D eigenvalue weighted by atomic mass is 16.6. The van der Waals surface area contributed by atoms with Crippen LogP contribution >= 0.6 is 0 Å². The highest BCUT2D eigenvalue weighted by Gasteiger charge is 2.55. The first kappa shape index (κ1) is 44.5. The molecule has 1 saturated heterocycles. The van der Waals surface area contributed by atoms with Gasteiger partial charge in [0.25, 0.3) is 0 Å². The summed E-state index contributed by atoms with van der Waals surface area (Å²) in [5, 5.41) is 2.44. The molecule has 2 amide bonds. The van der Waals surface area contributed by atoms with E-state index in [2.05, 4.69) is 5.32 Å². The highest BCUT2D eigenvalue weighted by molar-refractivity contribution is 5.82. The number of nitrogens with one attached hydrogen (secondary N) is 1. The average Bonchev–Trinajstić information content (AvgIpc) is 3.33. The summed E-state index contributed by atoms with van der Waals surface area (Å²) < 4.78 is 34.3. The number of esters is 3. The van der Waals surface area contributed by atoms with E-state index >= 15 is 0 Å². The van der Waals surface area contributed by atoms with Gasteiger partial charge < -0.3 is 33.7 Å². The molecule has 1 aliphatic heterocycles. The number of amides is 2. The van der Waals surface area contributed by atoms with Gasteiger partial charge in [0, 0.05) is 6.42 Å². The van der Waals surface area contributed by atoms with Crippen LogP contribution in [0.15, 0.2) is 30.3 Å². The molecule has 13 nitrogen and oxygen atoms in total. The van der Waals surface area contributed by atoms with Crippen molar-refractivity contribution in [1.29, 1.82) is 0 Å². The molecule has 1 aromatic rings. The molecule has 2 aliphatic rings. The van der Waals surface area contributed by atoms with Crippen LogP contribution in [0.5, 0.6) is 0 Å². The Kier molecular flexibility index (Phi) is 16.2. The number of carbonyl (C=O) groups is 5. The van der Waals surface area contributed by atoms with Gasteiger partial charge in [0.15, 0.2) is 12.1 Å². The fourth-order valence-corrected chi connectivity index (χ4v) is 6.80. The standard InChI is InChI=1S/C41H64N2O11/c1-27(2)23-30(21-22-33(44)49-26-31(35(45)53-39(3,4)5)42-37(47)50-25-29-19-15-12-16-20-29)51-36(46)34-32(24-28-17-13-11-14-18-28)43(41(9,10)52-34)38(48)54-40(6,7)8/h12,15-16,19-20,27-28,30-32,34H,11,13-14,17-18,21-26H2,1-10H3,(H,42,47)/t30?,31-,32-,34+/m0/s1. The van der Waals surface area contributed by atoms with Crippen molar-refractivity contribution >= 4 is 30.1 Å². The highest BCUT2D eigenvalue weighted by Crippen LogP contribution is 2.40. The van der Waals surface area contributed by atoms with Crippen molar-refractivity contribution in [3.63, 3.8) is 0 Å². The molecule has 1 heterocycles. The molecule has 2 fully saturated rings. The van der Waals surface area contributed by atoms with Crippen molar-refractivity contribution in [3.05, 3.63) is 35.9 Å². The Balaban J connectivity index is 1.67. The first-order valence-corrected chi connectivity index (χ1v) is 19.4. The molecule has 0 aromatic heterocycles. The lowest BCUT2D eigenvalue weighted by Gasteiger charge is -2.36. The topological polar surface area (TPSA) is 156 Å². The third-order valence-corrected chi connectivity index (χ3v) is 9.09. The van der Waals surface area contributed by atoms with E-state index in [4.69, 9.17) is 28.4 Å². The second-order valence-electron chi connectivity index (χ2n) is 17.3. The SMILES string of the molecule is CC(C)CC(CCC(=O)OC[C@H](NC(=O)OCc1ccccc1)C(=O)OC(C)(C)C)OC(=O)[C@@H]1OC(C)(C)N(C(=O)OC(C)(C)C)[C@H]1CC1CCCCC1. The minimum Gasteiger partial charge on any atom is -0.463 e. The van der Waals surface area contributed by atoms with Gasteiger partial charge in [-0.1, -0.05) is 76.3 Å². The number of rotatable bonds is 15. The zero-order valence-electron chi connectivity index (χ0n) is 34.1. The van der Waals surface area contributed by atoms with E-state index in [0.717, 1.165) is 31.2 Å². The summed E-state index contributed by atoms with van der Waals surface area (Å²) in [7, 11) is 0. The summed E-state index contributed by atoms with van der Waals surface area (Å²) >= 11 is 0. The molecule has 1 unspecified atom stereocenters. The molecule has 1 aromatic carbocycles. The van der Waals surface area contributed by atoms with E-state index in [1.54, 1.807) is 72.4 Å². The number of hydrogen-bond donors (Lipinski definition) is 1. The smallest absolute Gasteiger partial charge is 0.412 e. The second-order valence-corrected chi connectivity index (χ2v) is 17.3. The van der Waals surface area contributed by atoms with Crippen molar-refractivity contribution in [3.8, 4) is 0 Å². The van der Waals surface area contributed by atoms with Gasteiger partial charge in [-0.25, -0.2) is 19.2 Å². The van der Waals surface area contributed by atoms with Crippen LogP contribution in [0.1, 0.15) is 133 Å². The number of hydrogen-bond acceptors (Lipinski definition) is 11. The molecule has 0 spiro atoms. The molecule has 3 rings (SSSR count). The van der Waals surface area contributed by atoms with Crippen molar-refractivity contribution in [2.75, 3.05) is 6.61 Å². The fraction of sp³-hybridized carbons (Fsp3) is 0.732. The third-order valence-electron chi connectivity index (χ3n) is 9.09. The van der Waals surface area contributed by atoms with Crippen LogP contribution in [0.2, 0.25) is 0 Å². The Bertz CT molecular complexity index is 1390. The van der Waals surface area contributed by atoms with E-state index in [1.165, 1.54) is 6.42 Å². The molecule has 1 aliphatic carbocycles. The Hall–Kier alpha value is -3.87. The zero-order chi connectivity index (χ0) is 40.3. The Morgan fingerprint density at radius 1 is 0.907 bits per heavy atom. The van der Waals surface area contributed by atoms with E-state index in [-0.39, 0.29) is 25.4 Å². The van der Waals surface area contributed by atoms with E-state index in [9.17, 15) is 24.0 Å². The van der Waals surface area contributed by atoms with E-state index < -0.39 is 77.9 Å². The third kappa shape index (κ3) is 15.1. The van der Waals surface area contributed by atoms with Crippen LogP contribution in [0.25, 0.3) is 0 Å². The van der Waals surface area contributed by atoms with Gasteiger partial charge in [0.1, 0.15) is 36.2 Å². The zero-order valence-corrected chi connectivity index (χ0v) is 34.1. The van der Waals surface area contributed by atoms with Crippen molar-refractivity contribution in [2.24, 2.45) is 11.8 Å². The van der Waals surface area contributed by atoms with Crippen LogP contribution < -0.4 is 5.32 Å². The maximum absolute atomic E-state index is 14.0. The van der Waals surface area contributed by atoms with Crippen LogP contribution in [0, 0.1) is 11.8 Å². The van der Waals surface area contributed by atoms with E-state index in [1.807, 2.05) is 32.0 Å². The van der Waals surface area contributed by atoms with Crippen molar-refractivity contribution in [2.45, 2.75) is 175 Å². The van der Waals surface area contributed by atoms with Gasteiger partial charge in [-0.05, 0) is 92.1 Å². The molecular formula is C41H64N2O11. The quantitative estimate of drug-likeness (QED) is 0.139. The predicted octanol–water partition coefficient (Wildman–Crippen LogP) is 7.62. The monoisotopic (exact) mass is 760 g/mol. The lowest BCUT2D eigenvalue weighted by Crippen LogP contribution is -2.51. The minimum absolute atomic E-state index is 0.0206. The van der Waals surface area contributed by atoms with Crippen LogP contribution in [0.3, 0.4) is 0 Å². The number of benzene rings is 1. The number of ether oxygens (including phenoxy) is 6. The van der Waals surface area contributed by atoms with Crippen molar-refractivity contribution in [1.82, 2.24) is 10.2 Å². The molecule has 1 N–H and O–H groups in total. The normalized spacial score (nSPS) is 20.1. The Morgan fingerprint density at radius 2 is 1.54 bits per heavy atom. The largest absolute Gasteiger partial charge is 0.463 e. The summed E-state index contributed by atoms with van der Waals surface area (Å²) in [6, 6.07) is 7.13. The average molecular weight is 761 g/mol. The second kappa shape index (κ2) is 19.6. The molecule has 0 bridgehead atoms. The number of carbonyl (C=O) groups excluding carboxylic acids is 5. The van der Waals surface area contributed by atoms with Gasteiger partial charge >= 0.3 is 30.1 Å². The molecule has 4 atom stereocenters. The van der Waals surface area contributed by atoms with Crippen molar-refractivity contribution < 1.29 is 52.4 Å². The minimum atomic E-state index is -1.32. The summed E-state index contributed by atoms with van der Waals surface area (Å²) in [4.78, 5) is 67.7. The Morgan fingerprint density at radius 3 is 2.13 bits per heavy atom. The molecule has 1 saturated carbocycles. The Labute approximate surface area is 321 Å². The summed E-state index contributed by atoms with van der Waals surface area (Å²) in [6.45, 7) is 17.4. The lowest BCUT2D eigenvalue weighted by atomic mass is 9.83. The van der Waals surface area contributed by atoms with Gasteiger partial charge in [-0.3, -0.25) is 9.69 Å². The molecule has 13 heteroatoms. The lowest BCUT2D eigenvalue weighted by molar-refractivity contribution is -0.169. The van der Waals surface area contributed by atoms with E-state index in [0.29, 0.717) is 18.8 Å². The fourth-order valence-electron chi connectivity index (χ4n) is 6.80. The van der Waals surface area contributed by atoms with Gasteiger partial charge in [0.05, 0.1) is 6.04 Å². The van der Waals surface area contributed by atoms with Crippen LogP contribution in [-0.4, -0.2) is 82.8 Å². The maximum Gasteiger partial charge on any atom is 0.412 e. The predicted molar refractivity (Wildman–Crippen MR) is 201 cm³/mol. The number of alkyl carbamates (subject to hydrolysis) is 1. The number of nitrogens with zero attached hydrogens (tertiary/aromatic N) is 1. The summed E-state index contributed by atoms with van der Waals surface area (Å²) in [5.41, 5.74) is -1.98. The van der Waals surface area contributed by atoms with Crippen LogP contribution in [-0.2, 0) is 49.4 Å². The molecule has 54 heavy (non-hydrogen) atoms. The van der Waals surface area contributed by atoms with Gasteiger partial charge in [0.2, 0.25) is 0 Å². The first-order valence-electron chi connectivity index (χ1n) is 19.4. The first-order chi connectivity index (χ1) is 25.1. The maximum atomic E-state index is 14.0. The van der Waals surface area contributed by atoms with Gasteiger partial charge in [-0.2, -0.15) is 0 Å². The van der Waals surface area contributed by atoms with Crippen LogP contribution in [0.4, 0.5) is 9.59 Å². The summed E-state index contributed by atoms with van der Waals surface area (Å²) in [6.07, 6.45) is 3.33. The molecular weight excluding hydrogens is 696 g/mol. The van der Waals surface area contributed by atoms with Gasteiger partial charge in [-0.15, -0.1) is 0 Å². The molecule has 0 radical (unpaired) electrons. The summed E-state index contributed by atoms with van der Waals surface area (Å²) in [5.74, 6) is -1.60. The molecule has 304 valence electrons.